The first-order valence-corrected chi connectivity index (χ1v) is 8.78. The van der Waals surface area contributed by atoms with Gasteiger partial charge in [0, 0.05) is 35.5 Å². The molecule has 1 aromatic heterocycles. The molecule has 0 spiro atoms. The first-order chi connectivity index (χ1) is 14.0. The number of nitrogens with one attached hydrogen (secondary N) is 1. The van der Waals surface area contributed by atoms with Crippen molar-refractivity contribution >= 4 is 11.6 Å². The van der Waals surface area contributed by atoms with E-state index in [1.54, 1.807) is 37.4 Å². The van der Waals surface area contributed by atoms with Crippen molar-refractivity contribution in [3.05, 3.63) is 65.0 Å². The minimum absolute atomic E-state index is 0.240. The van der Waals surface area contributed by atoms with E-state index < -0.39 is 5.91 Å². The van der Waals surface area contributed by atoms with E-state index in [4.69, 9.17) is 14.2 Å². The average molecular weight is 395 g/mol. The van der Waals surface area contributed by atoms with Crippen LogP contribution in [0.3, 0.4) is 0 Å². The molecule has 0 atom stereocenters. The summed E-state index contributed by atoms with van der Waals surface area (Å²) in [6.45, 7) is -0.240. The maximum Gasteiger partial charge on any atom is 0.267 e. The van der Waals surface area contributed by atoms with Crippen molar-refractivity contribution in [3.8, 4) is 28.5 Å². The molecule has 29 heavy (non-hydrogen) atoms. The van der Waals surface area contributed by atoms with Crippen LogP contribution < -0.4 is 25.1 Å². The molecule has 0 aliphatic heterocycles. The molecule has 1 heterocycles. The van der Waals surface area contributed by atoms with Crippen LogP contribution in [0.1, 0.15) is 0 Å². The molecular weight excluding hydrogens is 374 g/mol. The molecule has 8 nitrogen and oxygen atoms in total. The zero-order chi connectivity index (χ0) is 20.8. The number of ether oxygens (including phenoxy) is 3. The number of hydrogen-bond acceptors (Lipinski definition) is 6. The lowest BCUT2D eigenvalue weighted by Gasteiger charge is -2.11. The Kier molecular flexibility index (Phi) is 6.13. The summed E-state index contributed by atoms with van der Waals surface area (Å²) >= 11 is 0. The van der Waals surface area contributed by atoms with Gasteiger partial charge < -0.3 is 19.5 Å². The summed E-state index contributed by atoms with van der Waals surface area (Å²) in [5.41, 5.74) is 1.44. The first-order valence-electron chi connectivity index (χ1n) is 8.78. The SMILES string of the molecule is COc1cc(NC(=O)Cn2nc(-c3cccc(OC)c3)ccc2=O)cc(OC)c1. The highest BCUT2D eigenvalue weighted by Crippen LogP contribution is 2.26. The van der Waals surface area contributed by atoms with Crippen molar-refractivity contribution in [2.75, 3.05) is 26.6 Å². The van der Waals surface area contributed by atoms with Crippen LogP contribution in [0.25, 0.3) is 11.3 Å². The Balaban J connectivity index is 1.81. The van der Waals surface area contributed by atoms with E-state index in [-0.39, 0.29) is 12.1 Å². The van der Waals surface area contributed by atoms with E-state index in [0.717, 1.165) is 10.2 Å². The summed E-state index contributed by atoms with van der Waals surface area (Å²) < 4.78 is 16.7. The van der Waals surface area contributed by atoms with E-state index in [1.165, 1.54) is 20.3 Å². The van der Waals surface area contributed by atoms with Gasteiger partial charge in [0.2, 0.25) is 5.91 Å². The molecule has 0 saturated carbocycles. The van der Waals surface area contributed by atoms with E-state index >= 15 is 0 Å². The van der Waals surface area contributed by atoms with Crippen molar-refractivity contribution < 1.29 is 19.0 Å². The van der Waals surface area contributed by atoms with E-state index in [9.17, 15) is 9.59 Å². The van der Waals surface area contributed by atoms with Crippen molar-refractivity contribution in [1.82, 2.24) is 9.78 Å². The summed E-state index contributed by atoms with van der Waals surface area (Å²) in [4.78, 5) is 24.6. The minimum atomic E-state index is -0.405. The number of methoxy groups -OCH3 is 3. The molecule has 0 unspecified atom stereocenters. The van der Waals surface area contributed by atoms with Crippen LogP contribution in [-0.4, -0.2) is 37.0 Å². The zero-order valence-corrected chi connectivity index (χ0v) is 16.3. The normalized spacial score (nSPS) is 10.3. The van der Waals surface area contributed by atoms with Crippen molar-refractivity contribution in [2.24, 2.45) is 0 Å². The van der Waals surface area contributed by atoms with Gasteiger partial charge in [-0.05, 0) is 18.2 Å². The molecule has 0 radical (unpaired) electrons. The molecular formula is C21H21N3O5. The van der Waals surface area contributed by atoms with Gasteiger partial charge in [-0.15, -0.1) is 0 Å². The second-order valence-electron chi connectivity index (χ2n) is 6.10. The third kappa shape index (κ3) is 4.92. The number of anilines is 1. The molecule has 0 aliphatic rings. The van der Waals surface area contributed by atoms with Gasteiger partial charge in [0.25, 0.3) is 5.56 Å². The summed E-state index contributed by atoms with van der Waals surface area (Å²) in [5, 5.41) is 7.03. The minimum Gasteiger partial charge on any atom is -0.497 e. The largest absolute Gasteiger partial charge is 0.497 e. The van der Waals surface area contributed by atoms with Crippen LogP contribution >= 0.6 is 0 Å². The highest BCUT2D eigenvalue weighted by atomic mass is 16.5. The Labute approximate surface area is 167 Å². The summed E-state index contributed by atoms with van der Waals surface area (Å²) in [6, 6.07) is 15.3. The lowest BCUT2D eigenvalue weighted by molar-refractivity contribution is -0.117. The number of carbonyl (C=O) groups is 1. The van der Waals surface area contributed by atoms with Gasteiger partial charge in [0.05, 0.1) is 27.0 Å². The van der Waals surface area contributed by atoms with E-state index in [0.29, 0.717) is 28.6 Å². The van der Waals surface area contributed by atoms with Gasteiger partial charge in [-0.2, -0.15) is 5.10 Å². The molecule has 0 fully saturated rings. The predicted octanol–water partition coefficient (Wildman–Crippen LogP) is 2.57. The topological polar surface area (TPSA) is 91.7 Å². The van der Waals surface area contributed by atoms with Gasteiger partial charge in [0.15, 0.2) is 0 Å². The highest BCUT2D eigenvalue weighted by molar-refractivity contribution is 5.91. The summed E-state index contributed by atoms with van der Waals surface area (Å²) in [6.07, 6.45) is 0. The van der Waals surface area contributed by atoms with Crippen molar-refractivity contribution in [1.29, 1.82) is 0 Å². The summed E-state index contributed by atoms with van der Waals surface area (Å²) in [5.74, 6) is 1.34. The van der Waals surface area contributed by atoms with E-state index in [2.05, 4.69) is 10.4 Å². The maximum atomic E-state index is 12.5. The number of benzene rings is 2. The zero-order valence-electron chi connectivity index (χ0n) is 16.3. The monoisotopic (exact) mass is 395 g/mol. The third-order valence-corrected chi connectivity index (χ3v) is 4.16. The van der Waals surface area contributed by atoms with Crippen LogP contribution in [0.2, 0.25) is 0 Å². The van der Waals surface area contributed by atoms with E-state index in [1.807, 2.05) is 18.2 Å². The number of carbonyl (C=O) groups excluding carboxylic acids is 1. The molecule has 0 saturated heterocycles. The first kappa shape index (κ1) is 19.9. The van der Waals surface area contributed by atoms with Crippen LogP contribution in [0.4, 0.5) is 5.69 Å². The molecule has 8 heteroatoms. The third-order valence-electron chi connectivity index (χ3n) is 4.16. The molecule has 2 aromatic carbocycles. The van der Waals surface area contributed by atoms with Crippen LogP contribution in [0.15, 0.2) is 59.4 Å². The Hall–Kier alpha value is -3.81. The maximum absolute atomic E-state index is 12.5. The lowest BCUT2D eigenvalue weighted by atomic mass is 10.1. The number of nitrogens with zero attached hydrogens (tertiary/aromatic N) is 2. The molecule has 1 amide bonds. The lowest BCUT2D eigenvalue weighted by Crippen LogP contribution is -2.29. The number of hydrogen-bond donors (Lipinski definition) is 1. The molecule has 150 valence electrons. The Morgan fingerprint density at radius 3 is 2.28 bits per heavy atom. The number of amides is 1. The highest BCUT2D eigenvalue weighted by Gasteiger charge is 2.10. The second-order valence-corrected chi connectivity index (χ2v) is 6.10. The molecule has 0 bridgehead atoms. The van der Waals surface area contributed by atoms with Crippen molar-refractivity contribution in [2.45, 2.75) is 6.54 Å². The molecule has 3 rings (SSSR count). The average Bonchev–Trinajstić information content (AvgIpc) is 2.74. The van der Waals surface area contributed by atoms with Crippen LogP contribution in [0, 0.1) is 0 Å². The van der Waals surface area contributed by atoms with Crippen molar-refractivity contribution in [3.63, 3.8) is 0 Å². The van der Waals surface area contributed by atoms with Gasteiger partial charge in [0.1, 0.15) is 23.8 Å². The standard InChI is InChI=1S/C21H21N3O5/c1-27-16-6-4-5-14(9-16)19-7-8-21(26)24(23-19)13-20(25)22-15-10-17(28-2)12-18(11-15)29-3/h4-12H,13H2,1-3H3,(H,22,25). The smallest absolute Gasteiger partial charge is 0.267 e. The number of rotatable bonds is 7. The predicted molar refractivity (Wildman–Crippen MR) is 109 cm³/mol. The van der Waals surface area contributed by atoms with Gasteiger partial charge in [-0.3, -0.25) is 9.59 Å². The van der Waals surface area contributed by atoms with Gasteiger partial charge >= 0.3 is 0 Å². The Morgan fingerprint density at radius 2 is 1.62 bits per heavy atom. The van der Waals surface area contributed by atoms with Crippen LogP contribution in [0.5, 0.6) is 17.2 Å². The van der Waals surface area contributed by atoms with Crippen LogP contribution in [-0.2, 0) is 11.3 Å². The Bertz CT molecular complexity index is 1060. The number of aromatic nitrogens is 2. The fourth-order valence-corrected chi connectivity index (χ4v) is 2.71. The fourth-order valence-electron chi connectivity index (χ4n) is 2.71. The molecule has 3 aromatic rings. The van der Waals surface area contributed by atoms with Gasteiger partial charge in [-0.25, -0.2) is 4.68 Å². The quantitative estimate of drug-likeness (QED) is 0.661. The molecule has 0 aliphatic carbocycles. The van der Waals surface area contributed by atoms with Gasteiger partial charge in [-0.1, -0.05) is 12.1 Å². The summed E-state index contributed by atoms with van der Waals surface area (Å²) in [7, 11) is 4.62. The second kappa shape index (κ2) is 8.92. The molecule has 1 N–H and O–H groups in total. The Morgan fingerprint density at radius 1 is 0.931 bits per heavy atom. The fraction of sp³-hybridized carbons (Fsp3) is 0.190.